The van der Waals surface area contributed by atoms with E-state index in [2.05, 4.69) is 25.4 Å². The van der Waals surface area contributed by atoms with Crippen molar-refractivity contribution in [1.82, 2.24) is 14.8 Å². The van der Waals surface area contributed by atoms with Gasteiger partial charge in [-0.05, 0) is 49.8 Å². The van der Waals surface area contributed by atoms with Gasteiger partial charge in [0.25, 0.3) is 0 Å². The molecule has 5 rings (SSSR count). The molecular formula is C29H32N6O2S. The number of anilines is 2. The summed E-state index contributed by atoms with van der Waals surface area (Å²) in [4.78, 5) is 24.8. The number of carbonyl (C=O) groups excluding carboxylic acids is 2. The molecule has 2 amide bonds. The topological polar surface area (TPSA) is 115 Å². The third-order valence-corrected chi connectivity index (χ3v) is 7.45. The molecule has 0 aliphatic carbocycles. The summed E-state index contributed by atoms with van der Waals surface area (Å²) in [6, 6.07) is 19.6. The first-order valence-corrected chi connectivity index (χ1v) is 13.7. The number of unbranched alkanes of at least 4 members (excludes halogenated alkanes) is 1. The van der Waals surface area contributed by atoms with E-state index >= 15 is 0 Å². The predicted molar refractivity (Wildman–Crippen MR) is 151 cm³/mol. The molecule has 196 valence electrons. The van der Waals surface area contributed by atoms with Gasteiger partial charge in [-0.1, -0.05) is 65.9 Å². The Kier molecular flexibility index (Phi) is 7.40. The van der Waals surface area contributed by atoms with Gasteiger partial charge in [-0.25, -0.2) is 0 Å². The Morgan fingerprint density at radius 1 is 0.895 bits per heavy atom. The van der Waals surface area contributed by atoms with Gasteiger partial charge >= 0.3 is 0 Å². The standard InChI is InChI=1S/C29H32N6O2S/c1-29(2,30)21-12-8-11-20(15-21)17-25(36)31-24-18-23-22(35(23)24)13-6-7-14-27-33-34-28(38-27)32-26(37)16-19-9-4-3-5-10-19/h3-5,8-12,15,18H,6-7,13-14,16-17,30H2,1-2H3,(H,31,36)(H,32,34,37). The second kappa shape index (κ2) is 10.9. The van der Waals surface area contributed by atoms with Gasteiger partial charge in [0, 0.05) is 23.7 Å². The number of hydrogen-bond donors (Lipinski definition) is 3. The third-order valence-electron chi connectivity index (χ3n) is 6.55. The van der Waals surface area contributed by atoms with Crippen molar-refractivity contribution in [3.8, 4) is 5.69 Å². The summed E-state index contributed by atoms with van der Waals surface area (Å²) in [5, 5.41) is 15.6. The molecule has 1 aromatic heterocycles. The molecule has 0 unspecified atom stereocenters. The molecule has 9 heteroatoms. The van der Waals surface area contributed by atoms with Crippen LogP contribution >= 0.6 is 11.3 Å². The van der Waals surface area contributed by atoms with E-state index in [1.54, 1.807) is 0 Å². The van der Waals surface area contributed by atoms with Crippen molar-refractivity contribution in [2.75, 3.05) is 10.6 Å². The van der Waals surface area contributed by atoms with Crippen LogP contribution in [0.5, 0.6) is 0 Å². The highest BCUT2D eigenvalue weighted by Gasteiger charge is 2.30. The lowest BCUT2D eigenvalue weighted by atomic mass is 9.93. The van der Waals surface area contributed by atoms with Crippen molar-refractivity contribution in [2.24, 2.45) is 5.73 Å². The number of nitrogens with two attached hydrogens (primary N) is 1. The minimum absolute atomic E-state index is 0.0311. The van der Waals surface area contributed by atoms with Gasteiger partial charge in [-0.2, -0.15) is 0 Å². The first-order chi connectivity index (χ1) is 18.3. The van der Waals surface area contributed by atoms with E-state index in [-0.39, 0.29) is 11.8 Å². The van der Waals surface area contributed by atoms with Gasteiger partial charge in [0.15, 0.2) is 0 Å². The summed E-state index contributed by atoms with van der Waals surface area (Å²) in [5.74, 6) is 0.737. The van der Waals surface area contributed by atoms with Crippen LogP contribution in [-0.4, -0.2) is 26.6 Å². The zero-order chi connectivity index (χ0) is 26.7. The van der Waals surface area contributed by atoms with Crippen LogP contribution in [0.2, 0.25) is 0 Å². The number of amides is 2. The molecule has 4 N–H and O–H groups in total. The fourth-order valence-corrected chi connectivity index (χ4v) is 5.27. The molecule has 38 heavy (non-hydrogen) atoms. The molecule has 0 spiro atoms. The van der Waals surface area contributed by atoms with Crippen LogP contribution in [0, 0.1) is 0 Å². The predicted octanol–water partition coefficient (Wildman–Crippen LogP) is 4.76. The lowest BCUT2D eigenvalue weighted by Crippen LogP contribution is -2.28. The number of aryl methyl sites for hydroxylation is 2. The highest BCUT2D eigenvalue weighted by atomic mass is 32.1. The summed E-state index contributed by atoms with van der Waals surface area (Å²) in [6.45, 7) is 3.92. The fourth-order valence-electron chi connectivity index (χ4n) is 4.47. The SMILES string of the molecule is CC(C)(N)c1cccc(CC(=O)Nc2cc3c(CCCCc4nnc(NC(=O)Cc5ccccc5)s4)n2-3)c1. The van der Waals surface area contributed by atoms with Gasteiger partial charge in [0.05, 0.1) is 18.5 Å². The van der Waals surface area contributed by atoms with E-state index in [1.807, 2.05) is 74.5 Å². The molecule has 0 bridgehead atoms. The molecule has 0 radical (unpaired) electrons. The van der Waals surface area contributed by atoms with Crippen LogP contribution in [0.15, 0.2) is 60.7 Å². The zero-order valence-corrected chi connectivity index (χ0v) is 22.5. The monoisotopic (exact) mass is 528 g/mol. The second-order valence-electron chi connectivity index (χ2n) is 10.3. The van der Waals surface area contributed by atoms with Crippen molar-refractivity contribution in [3.05, 3.63) is 88.1 Å². The zero-order valence-electron chi connectivity index (χ0n) is 21.7. The van der Waals surface area contributed by atoms with Crippen molar-refractivity contribution < 1.29 is 9.59 Å². The Bertz CT molecular complexity index is 1450. The van der Waals surface area contributed by atoms with Crippen LogP contribution in [0.1, 0.15) is 54.1 Å². The minimum Gasteiger partial charge on any atom is -0.322 e. The number of nitrogens with zero attached hydrogens (tertiary/aromatic N) is 3. The Morgan fingerprint density at radius 2 is 1.61 bits per heavy atom. The number of hydrogen-bond acceptors (Lipinski definition) is 6. The van der Waals surface area contributed by atoms with Crippen molar-refractivity contribution >= 4 is 34.1 Å². The Balaban J connectivity index is 1.02. The van der Waals surface area contributed by atoms with Crippen LogP contribution < -0.4 is 16.4 Å². The molecule has 2 aliphatic rings. The van der Waals surface area contributed by atoms with Gasteiger partial charge < -0.3 is 16.4 Å². The minimum atomic E-state index is -0.437. The summed E-state index contributed by atoms with van der Waals surface area (Å²) >= 11 is 1.43. The highest BCUT2D eigenvalue weighted by Crippen LogP contribution is 2.41. The molecular weight excluding hydrogens is 496 g/mol. The van der Waals surface area contributed by atoms with Crippen LogP contribution in [0.4, 0.5) is 10.9 Å². The van der Waals surface area contributed by atoms with E-state index < -0.39 is 5.54 Å². The molecule has 8 nitrogen and oxygen atoms in total. The fraction of sp³-hybridized carbons (Fsp3) is 0.310. The van der Waals surface area contributed by atoms with Gasteiger partial charge in [-0.3, -0.25) is 14.2 Å². The molecule has 3 heterocycles. The Labute approximate surface area is 226 Å². The normalized spacial score (nSPS) is 11.9. The van der Waals surface area contributed by atoms with Crippen LogP contribution in [0.3, 0.4) is 0 Å². The summed E-state index contributed by atoms with van der Waals surface area (Å²) < 4.78 is 2.11. The smallest absolute Gasteiger partial charge is 0.230 e. The number of carbonyl (C=O) groups is 2. The maximum Gasteiger partial charge on any atom is 0.230 e. The summed E-state index contributed by atoms with van der Waals surface area (Å²) in [6.07, 6.45) is 4.41. The quantitative estimate of drug-likeness (QED) is 0.202. The van der Waals surface area contributed by atoms with E-state index in [4.69, 9.17) is 5.73 Å². The van der Waals surface area contributed by atoms with E-state index in [9.17, 15) is 9.59 Å². The maximum absolute atomic E-state index is 12.6. The van der Waals surface area contributed by atoms with E-state index in [0.717, 1.165) is 53.2 Å². The number of fused-ring (bicyclic) bond motifs is 1. The Hall–Kier alpha value is -3.82. The average Bonchev–Trinajstić information content (AvgIpc) is 3.19. The van der Waals surface area contributed by atoms with Crippen molar-refractivity contribution in [1.29, 1.82) is 0 Å². The third kappa shape index (κ3) is 6.35. The number of nitrogens with one attached hydrogen (secondary N) is 2. The first-order valence-electron chi connectivity index (χ1n) is 12.9. The lowest BCUT2D eigenvalue weighted by molar-refractivity contribution is -0.116. The largest absolute Gasteiger partial charge is 0.322 e. The summed E-state index contributed by atoms with van der Waals surface area (Å²) in [7, 11) is 0. The molecule has 0 saturated heterocycles. The van der Waals surface area contributed by atoms with E-state index in [1.165, 1.54) is 22.7 Å². The summed E-state index contributed by atoms with van der Waals surface area (Å²) in [5.41, 5.74) is 11.2. The van der Waals surface area contributed by atoms with Crippen molar-refractivity contribution in [3.63, 3.8) is 0 Å². The average molecular weight is 529 g/mol. The van der Waals surface area contributed by atoms with E-state index in [0.29, 0.717) is 18.0 Å². The number of benzene rings is 2. The number of aromatic nitrogens is 3. The lowest BCUT2D eigenvalue weighted by Gasteiger charge is -2.19. The van der Waals surface area contributed by atoms with Gasteiger partial charge in [0.1, 0.15) is 10.8 Å². The Morgan fingerprint density at radius 3 is 2.39 bits per heavy atom. The highest BCUT2D eigenvalue weighted by molar-refractivity contribution is 7.15. The van der Waals surface area contributed by atoms with Crippen LogP contribution in [-0.2, 0) is 40.8 Å². The molecule has 3 aromatic rings. The van der Waals surface area contributed by atoms with Crippen LogP contribution in [0.25, 0.3) is 5.69 Å². The number of rotatable bonds is 12. The second-order valence-corrected chi connectivity index (χ2v) is 11.3. The van der Waals surface area contributed by atoms with Gasteiger partial charge in [-0.15, -0.1) is 10.2 Å². The first kappa shape index (κ1) is 25.8. The molecule has 0 saturated carbocycles. The maximum atomic E-state index is 12.6. The molecule has 2 aromatic carbocycles. The molecule has 2 aliphatic heterocycles. The van der Waals surface area contributed by atoms with Gasteiger partial charge in [0.2, 0.25) is 16.9 Å². The van der Waals surface area contributed by atoms with Crippen molar-refractivity contribution in [2.45, 2.75) is 57.9 Å². The molecule has 0 atom stereocenters. The molecule has 0 fully saturated rings.